The molecule has 1 atom stereocenters. The highest BCUT2D eigenvalue weighted by Gasteiger charge is 2.36. The Kier molecular flexibility index (Phi) is 8.13. The molecule has 1 N–H and O–H groups in total. The normalized spacial score (nSPS) is 19.4. The molecule has 2 aromatic rings. The second-order valence-corrected chi connectivity index (χ2v) is 12.1. The molecule has 1 fully saturated rings. The summed E-state index contributed by atoms with van der Waals surface area (Å²) in [5.74, 6) is 0.942. The van der Waals surface area contributed by atoms with Crippen molar-refractivity contribution in [2.75, 3.05) is 24.1 Å². The zero-order chi connectivity index (χ0) is 26.1. The highest BCUT2D eigenvalue weighted by molar-refractivity contribution is 7.92. The lowest BCUT2D eigenvalue weighted by molar-refractivity contribution is 0.0492. The summed E-state index contributed by atoms with van der Waals surface area (Å²) >= 11 is 0. The van der Waals surface area contributed by atoms with Gasteiger partial charge in [-0.05, 0) is 79.3 Å². The van der Waals surface area contributed by atoms with Crippen LogP contribution in [-0.4, -0.2) is 55.1 Å². The van der Waals surface area contributed by atoms with Crippen LogP contribution in [-0.2, 0) is 26.6 Å². The van der Waals surface area contributed by atoms with Crippen molar-refractivity contribution < 1.29 is 23.0 Å². The fourth-order valence-corrected chi connectivity index (χ4v) is 6.87. The van der Waals surface area contributed by atoms with Gasteiger partial charge in [0.15, 0.2) is 0 Å². The van der Waals surface area contributed by atoms with E-state index in [2.05, 4.69) is 19.9 Å². The van der Waals surface area contributed by atoms with Gasteiger partial charge in [-0.2, -0.15) is 0 Å². The highest BCUT2D eigenvalue weighted by Crippen LogP contribution is 2.39. The topological polar surface area (TPSA) is 76.1 Å². The zero-order valence-corrected chi connectivity index (χ0v) is 22.3. The van der Waals surface area contributed by atoms with Gasteiger partial charge in [-0.3, -0.25) is 4.31 Å². The molecule has 9 heteroatoms. The van der Waals surface area contributed by atoms with Gasteiger partial charge in [0, 0.05) is 30.2 Å². The molecule has 0 spiro atoms. The van der Waals surface area contributed by atoms with Gasteiger partial charge < -0.3 is 14.6 Å². The van der Waals surface area contributed by atoms with E-state index in [1.54, 1.807) is 6.07 Å². The number of anilines is 1. The fourth-order valence-electron chi connectivity index (χ4n) is 5.05. The van der Waals surface area contributed by atoms with Gasteiger partial charge in [-0.25, -0.2) is 8.42 Å². The van der Waals surface area contributed by atoms with Crippen molar-refractivity contribution in [3.05, 3.63) is 53.1 Å². The van der Waals surface area contributed by atoms with Gasteiger partial charge in [-0.1, -0.05) is 32.9 Å². The van der Waals surface area contributed by atoms with Crippen LogP contribution in [0.1, 0.15) is 69.1 Å². The Morgan fingerprint density at radius 1 is 1.14 bits per heavy atom. The minimum atomic E-state index is -3.97. The average Bonchev–Trinajstić information content (AvgIpc) is 2.86. The van der Waals surface area contributed by atoms with Crippen LogP contribution in [0.25, 0.3) is 0 Å². The van der Waals surface area contributed by atoms with Crippen LogP contribution in [0.3, 0.4) is 0 Å². The second kappa shape index (κ2) is 10.8. The highest BCUT2D eigenvalue weighted by atomic mass is 32.2. The summed E-state index contributed by atoms with van der Waals surface area (Å²) < 4.78 is 41.0. The van der Waals surface area contributed by atoms with E-state index >= 15 is 0 Å². The number of ether oxygens (including phenoxy) is 2. The number of rotatable bonds is 8. The molecule has 2 aliphatic rings. The number of aliphatic hydroxyl groups is 1. The molecule has 0 bridgehead atoms. The monoisotopic (exact) mass is 507 g/mol. The third kappa shape index (κ3) is 5.63. The van der Waals surface area contributed by atoms with Crippen LogP contribution < -0.4 is 9.04 Å². The summed E-state index contributed by atoms with van der Waals surface area (Å²) in [6.07, 6.45) is 4.00. The molecular weight excluding hydrogens is 472 g/mol. The minimum Gasteiger partial charge on any atom is -0.493 e. The predicted octanol–water partition coefficient (Wildman–Crippen LogP) is 3.98. The molecule has 1 unspecified atom stereocenters. The molecular formula is C27H35B2NO5S. The number of nitrogens with zero attached hydrogens (tertiary/aromatic N) is 1. The lowest BCUT2D eigenvalue weighted by Gasteiger charge is -2.38. The molecule has 1 saturated heterocycles. The predicted molar refractivity (Wildman–Crippen MR) is 143 cm³/mol. The van der Waals surface area contributed by atoms with E-state index in [0.717, 1.165) is 31.2 Å². The summed E-state index contributed by atoms with van der Waals surface area (Å²) in [4.78, 5) is 0.0180. The molecule has 0 aliphatic carbocycles. The van der Waals surface area contributed by atoms with E-state index in [1.165, 1.54) is 22.0 Å². The van der Waals surface area contributed by atoms with E-state index in [-0.39, 0.29) is 22.3 Å². The fraction of sp³-hybridized carbons (Fsp3) is 0.556. The van der Waals surface area contributed by atoms with Crippen LogP contribution >= 0.6 is 0 Å². The number of aryl methyl sites for hydroxylation is 1. The number of hydrogen-bond donors (Lipinski definition) is 1. The van der Waals surface area contributed by atoms with Crippen molar-refractivity contribution in [2.24, 2.45) is 5.92 Å². The van der Waals surface area contributed by atoms with E-state index in [0.29, 0.717) is 43.8 Å². The smallest absolute Gasteiger partial charge is 0.264 e. The molecule has 2 heterocycles. The Bertz CT molecular complexity index is 1170. The number of sulfonamides is 1. The van der Waals surface area contributed by atoms with Gasteiger partial charge in [0.2, 0.25) is 0 Å². The molecule has 2 aromatic carbocycles. The summed E-state index contributed by atoms with van der Waals surface area (Å²) in [7, 11) is 7.75. The molecule has 190 valence electrons. The Labute approximate surface area is 218 Å². The Hall–Kier alpha value is -1.96. The standard InChI is InChI=1S/C27H35B2NO5S/c1-4-22-7-5-21-15-20(18(2)3)6-9-25(21)30(22)36(32,33)23-8-10-26(24(16-23)27(28,29)31)35-17-19-11-13-34-14-12-19/h6,8-10,15-16,18-19,22,31H,4-5,7,11-14,17H2,1-3H3. The second-order valence-electron chi connectivity index (χ2n) is 10.3. The Balaban J connectivity index is 1.70. The quantitative estimate of drug-likeness (QED) is 0.548. The molecule has 2 aliphatic heterocycles. The van der Waals surface area contributed by atoms with Crippen molar-refractivity contribution in [3.8, 4) is 5.75 Å². The number of fused-ring (bicyclic) bond motifs is 1. The first-order valence-corrected chi connectivity index (χ1v) is 14.3. The first kappa shape index (κ1) is 27.1. The maximum absolute atomic E-state index is 14.0. The summed E-state index contributed by atoms with van der Waals surface area (Å²) in [6, 6.07) is 10.3. The SMILES string of the molecule is [B]C([B])(O)c1cc(S(=O)(=O)N2c3ccc(C(C)C)cc3CCC2CC)ccc1OCC1CCOCC1. The number of hydrogen-bond acceptors (Lipinski definition) is 5. The van der Waals surface area contributed by atoms with Gasteiger partial charge >= 0.3 is 0 Å². The van der Waals surface area contributed by atoms with Gasteiger partial charge in [0.1, 0.15) is 21.4 Å². The van der Waals surface area contributed by atoms with Gasteiger partial charge in [0.05, 0.1) is 17.2 Å². The zero-order valence-electron chi connectivity index (χ0n) is 21.4. The average molecular weight is 507 g/mol. The lowest BCUT2D eigenvalue weighted by Crippen LogP contribution is -2.43. The summed E-state index contributed by atoms with van der Waals surface area (Å²) in [5.41, 5.74) is 2.96. The third-order valence-corrected chi connectivity index (χ3v) is 9.17. The van der Waals surface area contributed by atoms with Crippen LogP contribution in [0, 0.1) is 5.92 Å². The van der Waals surface area contributed by atoms with E-state index < -0.39 is 15.4 Å². The van der Waals surface area contributed by atoms with E-state index in [4.69, 9.17) is 25.2 Å². The van der Waals surface area contributed by atoms with Gasteiger partial charge in [0.25, 0.3) is 10.0 Å². The van der Waals surface area contributed by atoms with Gasteiger partial charge in [-0.15, -0.1) is 0 Å². The van der Waals surface area contributed by atoms with Crippen molar-refractivity contribution in [1.29, 1.82) is 0 Å². The Morgan fingerprint density at radius 3 is 2.50 bits per heavy atom. The first-order chi connectivity index (χ1) is 17.0. The largest absolute Gasteiger partial charge is 0.493 e. The van der Waals surface area contributed by atoms with Crippen molar-refractivity contribution in [2.45, 2.75) is 75.1 Å². The molecule has 0 amide bonds. The van der Waals surface area contributed by atoms with Crippen LogP contribution in [0.15, 0.2) is 41.3 Å². The van der Waals surface area contributed by atoms with Crippen molar-refractivity contribution in [3.63, 3.8) is 0 Å². The molecule has 4 rings (SSSR count). The molecule has 36 heavy (non-hydrogen) atoms. The van der Waals surface area contributed by atoms with Crippen LogP contribution in [0.4, 0.5) is 5.69 Å². The summed E-state index contributed by atoms with van der Waals surface area (Å²) in [5, 5.41) is 8.24. The van der Waals surface area contributed by atoms with E-state index in [1.807, 2.05) is 19.1 Å². The number of benzene rings is 2. The lowest BCUT2D eigenvalue weighted by atomic mass is 9.61. The molecule has 0 saturated carbocycles. The Morgan fingerprint density at radius 2 is 1.86 bits per heavy atom. The van der Waals surface area contributed by atoms with Crippen LogP contribution in [0.5, 0.6) is 5.75 Å². The van der Waals surface area contributed by atoms with Crippen LogP contribution in [0.2, 0.25) is 0 Å². The summed E-state index contributed by atoms with van der Waals surface area (Å²) in [6.45, 7) is 8.03. The van der Waals surface area contributed by atoms with E-state index in [9.17, 15) is 13.5 Å². The minimum absolute atomic E-state index is 0.0180. The molecule has 0 aromatic heterocycles. The van der Waals surface area contributed by atoms with Crippen molar-refractivity contribution in [1.82, 2.24) is 0 Å². The maximum Gasteiger partial charge on any atom is 0.264 e. The molecule has 4 radical (unpaired) electrons. The maximum atomic E-state index is 14.0. The van der Waals surface area contributed by atoms with Crippen molar-refractivity contribution >= 4 is 31.4 Å². The first-order valence-electron chi connectivity index (χ1n) is 12.8. The third-order valence-electron chi connectivity index (χ3n) is 7.31. The molecule has 6 nitrogen and oxygen atoms in total.